The molecule has 0 atom stereocenters. The summed E-state index contributed by atoms with van der Waals surface area (Å²) in [6.45, 7) is 2.08. The van der Waals surface area contributed by atoms with Crippen LogP contribution in [0.15, 0.2) is 18.2 Å². The number of carbonyl (C=O) groups is 2. The van der Waals surface area contributed by atoms with Gasteiger partial charge in [0.1, 0.15) is 0 Å². The first kappa shape index (κ1) is 16.4. The van der Waals surface area contributed by atoms with E-state index >= 15 is 0 Å². The number of amides is 2. The Morgan fingerprint density at radius 2 is 2.00 bits per heavy atom. The smallest absolute Gasteiger partial charge is 0.224 e. The average Bonchev–Trinajstić information content (AvgIpc) is 2.39. The molecule has 1 aromatic carbocycles. The molecule has 0 fully saturated rings. The van der Waals surface area contributed by atoms with Crippen molar-refractivity contribution in [1.82, 2.24) is 5.32 Å². The van der Waals surface area contributed by atoms with E-state index in [1.807, 2.05) is 0 Å². The summed E-state index contributed by atoms with van der Waals surface area (Å²) in [6.07, 6.45) is 2.64. The fraction of sp³-hybridized carbons (Fsp3) is 0.429. The lowest BCUT2D eigenvalue weighted by atomic mass is 10.2. The maximum Gasteiger partial charge on any atom is 0.224 e. The van der Waals surface area contributed by atoms with Gasteiger partial charge in [-0.3, -0.25) is 9.59 Å². The van der Waals surface area contributed by atoms with E-state index in [0.29, 0.717) is 19.4 Å². The van der Waals surface area contributed by atoms with Gasteiger partial charge in [-0.25, -0.2) is 4.39 Å². The zero-order chi connectivity index (χ0) is 15.0. The van der Waals surface area contributed by atoms with Gasteiger partial charge in [-0.15, -0.1) is 0 Å². The highest BCUT2D eigenvalue weighted by molar-refractivity contribution is 6.31. The maximum absolute atomic E-state index is 13.5. The fourth-order valence-electron chi connectivity index (χ4n) is 1.66. The summed E-state index contributed by atoms with van der Waals surface area (Å²) in [5, 5.41) is 5.16. The molecule has 0 bridgehead atoms. The zero-order valence-electron chi connectivity index (χ0n) is 11.3. The zero-order valence-corrected chi connectivity index (χ0v) is 12.1. The first-order chi connectivity index (χ1) is 9.50. The Morgan fingerprint density at radius 3 is 2.70 bits per heavy atom. The molecule has 0 saturated carbocycles. The van der Waals surface area contributed by atoms with Crippen LogP contribution in [-0.4, -0.2) is 18.4 Å². The number of carbonyl (C=O) groups excluding carboxylic acids is 2. The molecular formula is C14H18ClFN2O2. The van der Waals surface area contributed by atoms with Crippen molar-refractivity contribution in [3.8, 4) is 0 Å². The predicted molar refractivity (Wildman–Crippen MR) is 77.2 cm³/mol. The molecule has 1 aromatic rings. The van der Waals surface area contributed by atoms with Crippen LogP contribution in [-0.2, 0) is 9.59 Å². The number of hydrogen-bond donors (Lipinski definition) is 2. The molecule has 0 radical (unpaired) electrons. The monoisotopic (exact) mass is 300 g/mol. The third-order valence-electron chi connectivity index (χ3n) is 2.68. The van der Waals surface area contributed by atoms with Crippen LogP contribution in [0.4, 0.5) is 10.1 Å². The van der Waals surface area contributed by atoms with Crippen molar-refractivity contribution in [3.63, 3.8) is 0 Å². The Labute approximate surface area is 122 Å². The molecule has 0 heterocycles. The molecule has 20 heavy (non-hydrogen) atoms. The quantitative estimate of drug-likeness (QED) is 0.760. The second kappa shape index (κ2) is 8.53. The van der Waals surface area contributed by atoms with Gasteiger partial charge in [0, 0.05) is 19.9 Å². The Morgan fingerprint density at radius 1 is 1.25 bits per heavy atom. The Kier molecular flexibility index (Phi) is 7.01. The van der Waals surface area contributed by atoms with Gasteiger partial charge in [-0.1, -0.05) is 24.1 Å². The lowest BCUT2D eigenvalue weighted by Gasteiger charge is -2.07. The minimum Gasteiger partial charge on any atom is -0.356 e. The van der Waals surface area contributed by atoms with Crippen molar-refractivity contribution < 1.29 is 14.0 Å². The third kappa shape index (κ3) is 6.02. The van der Waals surface area contributed by atoms with Crippen LogP contribution in [0.25, 0.3) is 0 Å². The number of anilines is 1. The van der Waals surface area contributed by atoms with E-state index in [1.165, 1.54) is 19.1 Å². The van der Waals surface area contributed by atoms with E-state index in [4.69, 9.17) is 11.6 Å². The number of benzene rings is 1. The number of rotatable bonds is 7. The van der Waals surface area contributed by atoms with Gasteiger partial charge >= 0.3 is 0 Å². The van der Waals surface area contributed by atoms with E-state index in [2.05, 4.69) is 10.6 Å². The molecule has 2 amide bonds. The van der Waals surface area contributed by atoms with E-state index in [1.54, 1.807) is 6.07 Å². The fourth-order valence-corrected chi connectivity index (χ4v) is 1.84. The Balaban J connectivity index is 2.24. The van der Waals surface area contributed by atoms with Crippen LogP contribution in [0, 0.1) is 5.82 Å². The van der Waals surface area contributed by atoms with E-state index in [-0.39, 0.29) is 22.5 Å². The highest BCUT2D eigenvalue weighted by atomic mass is 35.5. The summed E-state index contributed by atoms with van der Waals surface area (Å²) in [6, 6.07) is 4.47. The van der Waals surface area contributed by atoms with Gasteiger partial charge < -0.3 is 10.6 Å². The van der Waals surface area contributed by atoms with Crippen molar-refractivity contribution in [2.24, 2.45) is 0 Å². The van der Waals surface area contributed by atoms with Gasteiger partial charge in [-0.2, -0.15) is 0 Å². The predicted octanol–water partition coefficient (Wildman–Crippen LogP) is 3.11. The van der Waals surface area contributed by atoms with Gasteiger partial charge in [-0.05, 0) is 25.0 Å². The van der Waals surface area contributed by atoms with Crippen molar-refractivity contribution in [3.05, 3.63) is 29.0 Å². The molecule has 6 heteroatoms. The largest absolute Gasteiger partial charge is 0.356 e. The van der Waals surface area contributed by atoms with Gasteiger partial charge in [0.15, 0.2) is 5.82 Å². The topological polar surface area (TPSA) is 58.2 Å². The summed E-state index contributed by atoms with van der Waals surface area (Å²) in [5.74, 6) is -0.918. The SMILES string of the molecule is CC(=O)NCCCCCC(=O)Nc1cccc(Cl)c1F. The molecular weight excluding hydrogens is 283 g/mol. The van der Waals surface area contributed by atoms with E-state index in [9.17, 15) is 14.0 Å². The lowest BCUT2D eigenvalue weighted by molar-refractivity contribution is -0.119. The number of halogens is 2. The van der Waals surface area contributed by atoms with Gasteiger partial charge in [0.2, 0.25) is 11.8 Å². The van der Waals surface area contributed by atoms with Crippen LogP contribution >= 0.6 is 11.6 Å². The molecule has 4 nitrogen and oxygen atoms in total. The summed E-state index contributed by atoms with van der Waals surface area (Å²) in [5.41, 5.74) is 0.0979. The second-order valence-corrected chi connectivity index (χ2v) is 4.85. The molecule has 2 N–H and O–H groups in total. The highest BCUT2D eigenvalue weighted by Crippen LogP contribution is 2.22. The Bertz CT molecular complexity index is 480. The van der Waals surface area contributed by atoms with Crippen LogP contribution in [0.1, 0.15) is 32.6 Å². The number of hydrogen-bond acceptors (Lipinski definition) is 2. The lowest BCUT2D eigenvalue weighted by Crippen LogP contribution is -2.20. The second-order valence-electron chi connectivity index (χ2n) is 4.44. The summed E-state index contributed by atoms with van der Waals surface area (Å²) < 4.78 is 13.5. The van der Waals surface area contributed by atoms with E-state index in [0.717, 1.165) is 12.8 Å². The van der Waals surface area contributed by atoms with Crippen LogP contribution < -0.4 is 10.6 Å². The molecule has 0 aliphatic carbocycles. The van der Waals surface area contributed by atoms with Crippen molar-refractivity contribution in [2.75, 3.05) is 11.9 Å². The molecule has 110 valence electrons. The first-order valence-electron chi connectivity index (χ1n) is 6.49. The van der Waals surface area contributed by atoms with Crippen LogP contribution in [0.5, 0.6) is 0 Å². The average molecular weight is 301 g/mol. The van der Waals surface area contributed by atoms with Crippen LogP contribution in [0.3, 0.4) is 0 Å². The number of nitrogens with one attached hydrogen (secondary N) is 2. The third-order valence-corrected chi connectivity index (χ3v) is 2.97. The Hall–Kier alpha value is -1.62. The van der Waals surface area contributed by atoms with E-state index < -0.39 is 5.82 Å². The van der Waals surface area contributed by atoms with Crippen molar-refractivity contribution >= 4 is 29.1 Å². The minimum absolute atomic E-state index is 0.0156. The first-order valence-corrected chi connectivity index (χ1v) is 6.87. The standard InChI is InChI=1S/C14H18ClFN2O2/c1-10(19)17-9-4-2-3-8-13(20)18-12-7-5-6-11(15)14(12)16/h5-7H,2-4,8-9H2,1H3,(H,17,19)(H,18,20). The number of unbranched alkanes of at least 4 members (excludes halogenated alkanes) is 2. The van der Waals surface area contributed by atoms with Crippen LogP contribution in [0.2, 0.25) is 5.02 Å². The maximum atomic E-state index is 13.5. The highest BCUT2D eigenvalue weighted by Gasteiger charge is 2.09. The van der Waals surface area contributed by atoms with Crippen molar-refractivity contribution in [1.29, 1.82) is 0 Å². The molecule has 0 aromatic heterocycles. The molecule has 0 aliphatic heterocycles. The molecule has 0 spiro atoms. The van der Waals surface area contributed by atoms with Crippen molar-refractivity contribution in [2.45, 2.75) is 32.6 Å². The van der Waals surface area contributed by atoms with Gasteiger partial charge in [0.25, 0.3) is 0 Å². The molecule has 1 rings (SSSR count). The summed E-state index contributed by atoms with van der Waals surface area (Å²) >= 11 is 5.62. The summed E-state index contributed by atoms with van der Waals surface area (Å²) in [4.78, 5) is 22.3. The molecule has 0 saturated heterocycles. The minimum atomic E-state index is -0.617. The molecule has 0 unspecified atom stereocenters. The normalized spacial score (nSPS) is 10.2. The molecule has 0 aliphatic rings. The summed E-state index contributed by atoms with van der Waals surface area (Å²) in [7, 11) is 0. The van der Waals surface area contributed by atoms with Gasteiger partial charge in [0.05, 0.1) is 10.7 Å².